The lowest BCUT2D eigenvalue weighted by Crippen LogP contribution is -2.40. The Morgan fingerprint density at radius 1 is 1.26 bits per heavy atom. The SMILES string of the molecule is CCc1cccc2sc(N(CC3CCCO3)C(=O)Cn3cnc4c3c(=O)n(C)c(=O)n4C)nc12. The summed E-state index contributed by atoms with van der Waals surface area (Å²) in [5.74, 6) is -0.220. The van der Waals surface area contributed by atoms with Crippen molar-refractivity contribution >= 4 is 43.8 Å². The molecule has 4 aromatic rings. The number of ether oxygens (including phenoxy) is 1. The number of benzene rings is 1. The quantitative estimate of drug-likeness (QED) is 0.415. The van der Waals surface area contributed by atoms with Crippen molar-refractivity contribution in [3.8, 4) is 0 Å². The Morgan fingerprint density at radius 3 is 2.82 bits per heavy atom. The Kier molecular flexibility index (Phi) is 5.82. The molecule has 3 aromatic heterocycles. The molecule has 1 saturated heterocycles. The Bertz CT molecular complexity index is 1510. The smallest absolute Gasteiger partial charge is 0.332 e. The number of imidazole rings is 1. The van der Waals surface area contributed by atoms with E-state index in [1.54, 1.807) is 11.9 Å². The van der Waals surface area contributed by atoms with E-state index in [4.69, 9.17) is 9.72 Å². The van der Waals surface area contributed by atoms with Gasteiger partial charge in [-0.3, -0.25) is 23.6 Å². The molecule has 1 aromatic carbocycles. The molecule has 1 aliphatic heterocycles. The van der Waals surface area contributed by atoms with Crippen molar-refractivity contribution in [3.05, 3.63) is 50.9 Å². The number of fused-ring (bicyclic) bond motifs is 2. The van der Waals surface area contributed by atoms with Gasteiger partial charge in [0.25, 0.3) is 5.56 Å². The second-order valence-corrected chi connectivity index (χ2v) is 9.51. The van der Waals surface area contributed by atoms with Crippen LogP contribution in [0.5, 0.6) is 0 Å². The first-order valence-corrected chi connectivity index (χ1v) is 12.1. The lowest BCUT2D eigenvalue weighted by molar-refractivity contribution is -0.119. The number of hydrogen-bond donors (Lipinski definition) is 0. The van der Waals surface area contributed by atoms with Crippen LogP contribution in [0, 0.1) is 0 Å². The van der Waals surface area contributed by atoms with Gasteiger partial charge >= 0.3 is 5.69 Å². The third kappa shape index (κ3) is 3.74. The second-order valence-electron chi connectivity index (χ2n) is 8.50. The average molecular weight is 483 g/mol. The van der Waals surface area contributed by atoms with Gasteiger partial charge in [-0.25, -0.2) is 14.8 Å². The number of para-hydroxylation sites is 1. The van der Waals surface area contributed by atoms with Gasteiger partial charge in [-0.05, 0) is 30.9 Å². The third-order valence-corrected chi connectivity index (χ3v) is 7.38. The molecule has 0 radical (unpaired) electrons. The topological polar surface area (TPSA) is 104 Å². The van der Waals surface area contributed by atoms with Crippen LogP contribution in [0.15, 0.2) is 34.1 Å². The summed E-state index contributed by atoms with van der Waals surface area (Å²) in [5.41, 5.74) is 1.56. The lowest BCUT2D eigenvalue weighted by atomic mass is 10.1. The van der Waals surface area contributed by atoms with Crippen LogP contribution in [0.3, 0.4) is 0 Å². The number of carbonyl (C=O) groups excluding carboxylic acids is 1. The van der Waals surface area contributed by atoms with Gasteiger partial charge in [0.2, 0.25) is 5.91 Å². The van der Waals surface area contributed by atoms with E-state index in [1.807, 2.05) is 12.1 Å². The fourth-order valence-electron chi connectivity index (χ4n) is 4.42. The van der Waals surface area contributed by atoms with E-state index in [0.717, 1.165) is 39.6 Å². The molecule has 5 rings (SSSR count). The summed E-state index contributed by atoms with van der Waals surface area (Å²) in [6.07, 6.45) is 4.06. The minimum absolute atomic E-state index is 0.0603. The standard InChI is InChI=1S/C23H26N6O4S/c1-4-14-7-5-9-16-18(14)25-22(34-16)29(11-15-8-6-10-33-15)17(30)12-28-13-24-20-19(28)21(31)27(3)23(32)26(20)2/h5,7,9,13,15H,4,6,8,10-12H2,1-3H3. The molecule has 0 aliphatic carbocycles. The van der Waals surface area contributed by atoms with E-state index in [2.05, 4.69) is 18.0 Å². The van der Waals surface area contributed by atoms with Crippen molar-refractivity contribution in [1.29, 1.82) is 0 Å². The first-order chi connectivity index (χ1) is 16.4. The van der Waals surface area contributed by atoms with Crippen LogP contribution in [-0.4, -0.2) is 48.8 Å². The first-order valence-electron chi connectivity index (χ1n) is 11.3. The van der Waals surface area contributed by atoms with E-state index in [9.17, 15) is 14.4 Å². The highest BCUT2D eigenvalue weighted by Gasteiger charge is 2.27. The molecular formula is C23H26N6O4S. The molecule has 1 unspecified atom stereocenters. The van der Waals surface area contributed by atoms with Gasteiger partial charge < -0.3 is 9.30 Å². The van der Waals surface area contributed by atoms with Gasteiger partial charge in [-0.15, -0.1) is 0 Å². The molecular weight excluding hydrogens is 456 g/mol. The highest BCUT2D eigenvalue weighted by molar-refractivity contribution is 7.22. The van der Waals surface area contributed by atoms with Crippen LogP contribution in [0.1, 0.15) is 25.3 Å². The number of rotatable bonds is 6. The van der Waals surface area contributed by atoms with E-state index in [0.29, 0.717) is 18.3 Å². The minimum atomic E-state index is -0.485. The molecule has 0 saturated carbocycles. The van der Waals surface area contributed by atoms with Crippen molar-refractivity contribution in [2.75, 3.05) is 18.1 Å². The maximum atomic E-state index is 13.6. The normalized spacial score (nSPS) is 16.0. The zero-order valence-electron chi connectivity index (χ0n) is 19.4. The summed E-state index contributed by atoms with van der Waals surface area (Å²) in [5, 5.41) is 0.612. The fraction of sp³-hybridized carbons (Fsp3) is 0.435. The summed E-state index contributed by atoms with van der Waals surface area (Å²) in [4.78, 5) is 49.4. The number of aryl methyl sites for hydroxylation is 2. The molecule has 10 nitrogen and oxygen atoms in total. The summed E-state index contributed by atoms with van der Waals surface area (Å²) in [6, 6.07) is 6.07. The number of anilines is 1. The van der Waals surface area contributed by atoms with E-state index < -0.39 is 11.2 Å². The van der Waals surface area contributed by atoms with E-state index in [-0.39, 0.29) is 29.7 Å². The lowest BCUT2D eigenvalue weighted by Gasteiger charge is -2.23. The Morgan fingerprint density at radius 2 is 2.09 bits per heavy atom. The molecule has 34 heavy (non-hydrogen) atoms. The van der Waals surface area contributed by atoms with E-state index >= 15 is 0 Å². The third-order valence-electron chi connectivity index (χ3n) is 6.34. The molecule has 1 atom stereocenters. The van der Waals surface area contributed by atoms with Crippen molar-refractivity contribution in [3.63, 3.8) is 0 Å². The van der Waals surface area contributed by atoms with Crippen LogP contribution in [-0.2, 0) is 36.6 Å². The maximum absolute atomic E-state index is 13.6. The maximum Gasteiger partial charge on any atom is 0.332 e. The number of nitrogens with zero attached hydrogens (tertiary/aromatic N) is 6. The number of hydrogen-bond acceptors (Lipinski definition) is 7. The van der Waals surface area contributed by atoms with Gasteiger partial charge in [0, 0.05) is 20.7 Å². The monoisotopic (exact) mass is 482 g/mol. The van der Waals surface area contributed by atoms with Crippen LogP contribution in [0.4, 0.5) is 5.13 Å². The predicted octanol–water partition coefficient (Wildman–Crippen LogP) is 1.82. The second kappa shape index (κ2) is 8.80. The van der Waals surface area contributed by atoms with Crippen molar-refractivity contribution in [2.24, 2.45) is 14.1 Å². The number of carbonyl (C=O) groups is 1. The van der Waals surface area contributed by atoms with Gasteiger partial charge in [-0.2, -0.15) is 0 Å². The van der Waals surface area contributed by atoms with Crippen molar-refractivity contribution in [2.45, 2.75) is 38.8 Å². The highest BCUT2D eigenvalue weighted by atomic mass is 32.1. The molecule has 0 N–H and O–H groups in total. The number of aromatic nitrogens is 5. The van der Waals surface area contributed by atoms with Gasteiger partial charge in [-0.1, -0.05) is 30.4 Å². The summed E-state index contributed by atoms with van der Waals surface area (Å²) >= 11 is 1.48. The first kappa shape index (κ1) is 22.5. The molecule has 1 amide bonds. The van der Waals surface area contributed by atoms with E-state index in [1.165, 1.54) is 33.8 Å². The molecule has 178 valence electrons. The van der Waals surface area contributed by atoms with Crippen molar-refractivity contribution in [1.82, 2.24) is 23.7 Å². The zero-order chi connectivity index (χ0) is 24.0. The van der Waals surface area contributed by atoms with Crippen LogP contribution in [0.2, 0.25) is 0 Å². The van der Waals surface area contributed by atoms with Gasteiger partial charge in [0.05, 0.1) is 29.2 Å². The largest absolute Gasteiger partial charge is 0.376 e. The summed E-state index contributed by atoms with van der Waals surface area (Å²) in [6.45, 7) is 3.06. The van der Waals surface area contributed by atoms with Gasteiger partial charge in [0.15, 0.2) is 16.3 Å². The van der Waals surface area contributed by atoms with Crippen LogP contribution in [0.25, 0.3) is 21.4 Å². The Labute approximate surface area is 199 Å². The highest BCUT2D eigenvalue weighted by Crippen LogP contribution is 2.32. The predicted molar refractivity (Wildman–Crippen MR) is 131 cm³/mol. The zero-order valence-corrected chi connectivity index (χ0v) is 20.2. The number of amides is 1. The fourth-order valence-corrected chi connectivity index (χ4v) is 5.46. The van der Waals surface area contributed by atoms with Crippen LogP contribution < -0.4 is 16.1 Å². The van der Waals surface area contributed by atoms with Gasteiger partial charge in [0.1, 0.15) is 6.54 Å². The molecule has 0 spiro atoms. The molecule has 0 bridgehead atoms. The number of thiazole rings is 1. The molecule has 4 heterocycles. The average Bonchev–Trinajstić information content (AvgIpc) is 3.59. The van der Waals surface area contributed by atoms with Crippen molar-refractivity contribution < 1.29 is 9.53 Å². The minimum Gasteiger partial charge on any atom is -0.376 e. The Hall–Kier alpha value is -3.31. The molecule has 1 fully saturated rings. The molecule has 11 heteroatoms. The molecule has 1 aliphatic rings. The summed E-state index contributed by atoms with van der Waals surface area (Å²) in [7, 11) is 2.97. The van der Waals surface area contributed by atoms with Crippen LogP contribution >= 0.6 is 11.3 Å². The Balaban J connectivity index is 1.54. The summed E-state index contributed by atoms with van der Waals surface area (Å²) < 4.78 is 10.7.